The number of nitro groups is 1. The normalized spacial score (nSPS) is 22.2. The maximum atomic E-state index is 11.2. The summed E-state index contributed by atoms with van der Waals surface area (Å²) >= 11 is 0. The lowest BCUT2D eigenvalue weighted by atomic mass is 10.0. The number of anilines is 2. The fraction of sp³-hybridized carbons (Fsp3) is 0.538. The first-order valence-corrected chi connectivity index (χ1v) is 6.50. The summed E-state index contributed by atoms with van der Waals surface area (Å²) in [7, 11) is 1.66. The van der Waals surface area contributed by atoms with E-state index in [0.29, 0.717) is 11.4 Å². The lowest BCUT2D eigenvalue weighted by Crippen LogP contribution is -2.26. The Kier molecular flexibility index (Phi) is 4.21. The molecule has 2 atom stereocenters. The smallest absolute Gasteiger partial charge is 0.315 e. The minimum absolute atomic E-state index is 0.0635. The first kappa shape index (κ1) is 13.6. The maximum absolute atomic E-state index is 11.2. The molecule has 0 spiro atoms. The van der Waals surface area contributed by atoms with E-state index in [1.165, 1.54) is 0 Å². The molecule has 0 saturated heterocycles. The number of nitrogens with one attached hydrogen (secondary N) is 2. The minimum Gasteiger partial charge on any atom is -0.396 e. The monoisotopic (exact) mass is 265 g/mol. The van der Waals surface area contributed by atoms with E-state index in [1.807, 2.05) is 0 Å². The molecule has 3 N–H and O–H groups in total. The van der Waals surface area contributed by atoms with Gasteiger partial charge in [-0.1, -0.05) is 12.5 Å². The second-order valence-electron chi connectivity index (χ2n) is 4.83. The summed E-state index contributed by atoms with van der Waals surface area (Å²) in [6.45, 7) is 0.122. The number of aliphatic hydroxyl groups is 1. The molecule has 1 fully saturated rings. The summed E-state index contributed by atoms with van der Waals surface area (Å²) in [6, 6.07) is 5.29. The Balaban J connectivity index is 2.27. The van der Waals surface area contributed by atoms with Crippen molar-refractivity contribution in [3.63, 3.8) is 0 Å². The van der Waals surface area contributed by atoms with Crippen molar-refractivity contribution >= 4 is 17.1 Å². The number of para-hydroxylation sites is 1. The highest BCUT2D eigenvalue weighted by molar-refractivity contribution is 5.76. The average molecular weight is 265 g/mol. The molecule has 0 radical (unpaired) electrons. The van der Waals surface area contributed by atoms with Gasteiger partial charge in [-0.05, 0) is 25.0 Å². The topological polar surface area (TPSA) is 87.4 Å². The highest BCUT2D eigenvalue weighted by Crippen LogP contribution is 2.36. The summed E-state index contributed by atoms with van der Waals surface area (Å²) in [5, 5.41) is 26.6. The predicted molar refractivity (Wildman–Crippen MR) is 74.5 cm³/mol. The molecule has 1 aliphatic rings. The van der Waals surface area contributed by atoms with Gasteiger partial charge in [-0.3, -0.25) is 10.1 Å². The van der Waals surface area contributed by atoms with Gasteiger partial charge in [0.1, 0.15) is 11.4 Å². The molecule has 2 unspecified atom stereocenters. The Labute approximate surface area is 112 Å². The van der Waals surface area contributed by atoms with Gasteiger partial charge in [-0.25, -0.2) is 0 Å². The summed E-state index contributed by atoms with van der Waals surface area (Å²) in [5.41, 5.74) is 1.07. The molecule has 2 rings (SSSR count). The second kappa shape index (κ2) is 5.88. The summed E-state index contributed by atoms with van der Waals surface area (Å²) in [4.78, 5) is 10.8. The van der Waals surface area contributed by atoms with E-state index in [4.69, 9.17) is 0 Å². The zero-order valence-electron chi connectivity index (χ0n) is 10.9. The SMILES string of the molecule is CNc1cccc(NC2CCCC2CO)c1[N+](=O)[O-]. The largest absolute Gasteiger partial charge is 0.396 e. The van der Waals surface area contributed by atoms with Gasteiger partial charge in [0.15, 0.2) is 0 Å². The maximum Gasteiger partial charge on any atom is 0.315 e. The van der Waals surface area contributed by atoms with Crippen LogP contribution < -0.4 is 10.6 Å². The summed E-state index contributed by atoms with van der Waals surface area (Å²) < 4.78 is 0. The number of hydrogen-bond donors (Lipinski definition) is 3. The zero-order valence-corrected chi connectivity index (χ0v) is 10.9. The molecule has 0 aliphatic heterocycles. The molecule has 19 heavy (non-hydrogen) atoms. The van der Waals surface area contributed by atoms with Crippen LogP contribution in [0.15, 0.2) is 18.2 Å². The van der Waals surface area contributed by atoms with Crippen LogP contribution in [0.2, 0.25) is 0 Å². The summed E-state index contributed by atoms with van der Waals surface area (Å²) in [5.74, 6) is 0.179. The van der Waals surface area contributed by atoms with Gasteiger partial charge in [-0.2, -0.15) is 0 Å². The van der Waals surface area contributed by atoms with Crippen LogP contribution in [0.3, 0.4) is 0 Å². The van der Waals surface area contributed by atoms with Crippen molar-refractivity contribution in [1.82, 2.24) is 0 Å². The third kappa shape index (κ3) is 2.78. The van der Waals surface area contributed by atoms with Crippen molar-refractivity contribution in [2.24, 2.45) is 5.92 Å². The standard InChI is InChI=1S/C13H19N3O3/c1-14-11-6-3-7-12(13(11)16(18)19)15-10-5-2-4-9(10)8-17/h3,6-7,9-10,14-15,17H,2,4-5,8H2,1H3. The number of rotatable bonds is 5. The molecule has 104 valence electrons. The van der Waals surface area contributed by atoms with Gasteiger partial charge in [0, 0.05) is 25.6 Å². The van der Waals surface area contributed by atoms with Crippen LogP contribution in [0.25, 0.3) is 0 Å². The predicted octanol–water partition coefficient (Wildman–Crippen LogP) is 2.21. The molecule has 0 amide bonds. The van der Waals surface area contributed by atoms with Gasteiger partial charge >= 0.3 is 5.69 Å². The van der Waals surface area contributed by atoms with Crippen LogP contribution in [-0.2, 0) is 0 Å². The molecule has 1 aromatic carbocycles. The van der Waals surface area contributed by atoms with Gasteiger partial charge < -0.3 is 15.7 Å². The van der Waals surface area contributed by atoms with Crippen LogP contribution >= 0.6 is 0 Å². The highest BCUT2D eigenvalue weighted by Gasteiger charge is 2.29. The molecule has 6 nitrogen and oxygen atoms in total. The number of aliphatic hydroxyl groups excluding tert-OH is 1. The Morgan fingerprint density at radius 3 is 2.79 bits per heavy atom. The fourth-order valence-corrected chi connectivity index (χ4v) is 2.70. The third-order valence-corrected chi connectivity index (χ3v) is 3.72. The number of hydrogen-bond acceptors (Lipinski definition) is 5. The Morgan fingerprint density at radius 1 is 1.42 bits per heavy atom. The summed E-state index contributed by atoms with van der Waals surface area (Å²) in [6.07, 6.45) is 2.95. The van der Waals surface area contributed by atoms with E-state index in [9.17, 15) is 15.2 Å². The molecular formula is C13H19N3O3. The molecule has 0 aromatic heterocycles. The van der Waals surface area contributed by atoms with Gasteiger partial charge in [0.2, 0.25) is 0 Å². The van der Waals surface area contributed by atoms with Gasteiger partial charge in [0.05, 0.1) is 4.92 Å². The molecule has 1 saturated carbocycles. The van der Waals surface area contributed by atoms with Crippen molar-refractivity contribution in [3.8, 4) is 0 Å². The number of nitro benzene ring substituents is 1. The Hall–Kier alpha value is -1.82. The van der Waals surface area contributed by atoms with E-state index in [-0.39, 0.29) is 29.2 Å². The minimum atomic E-state index is -0.378. The third-order valence-electron chi connectivity index (χ3n) is 3.72. The average Bonchev–Trinajstić information content (AvgIpc) is 2.85. The molecule has 0 heterocycles. The Bertz CT molecular complexity index is 464. The molecule has 6 heteroatoms. The first-order chi connectivity index (χ1) is 9.17. The van der Waals surface area contributed by atoms with E-state index in [1.54, 1.807) is 25.2 Å². The van der Waals surface area contributed by atoms with Crippen LogP contribution in [-0.4, -0.2) is 29.7 Å². The quantitative estimate of drug-likeness (QED) is 0.561. The van der Waals surface area contributed by atoms with Crippen LogP contribution in [0, 0.1) is 16.0 Å². The van der Waals surface area contributed by atoms with E-state index >= 15 is 0 Å². The van der Waals surface area contributed by atoms with Crippen LogP contribution in [0.4, 0.5) is 17.1 Å². The van der Waals surface area contributed by atoms with Crippen LogP contribution in [0.5, 0.6) is 0 Å². The molecule has 1 aromatic rings. The Morgan fingerprint density at radius 2 is 2.16 bits per heavy atom. The molecule has 0 bridgehead atoms. The van der Waals surface area contributed by atoms with Gasteiger partial charge in [-0.15, -0.1) is 0 Å². The highest BCUT2D eigenvalue weighted by atomic mass is 16.6. The van der Waals surface area contributed by atoms with E-state index < -0.39 is 0 Å². The fourth-order valence-electron chi connectivity index (χ4n) is 2.70. The lowest BCUT2D eigenvalue weighted by molar-refractivity contribution is -0.383. The lowest BCUT2D eigenvalue weighted by Gasteiger charge is -2.20. The molecule has 1 aliphatic carbocycles. The zero-order chi connectivity index (χ0) is 13.8. The number of nitrogens with zero attached hydrogens (tertiary/aromatic N) is 1. The molecular weight excluding hydrogens is 246 g/mol. The van der Waals surface area contributed by atoms with Crippen molar-refractivity contribution in [2.75, 3.05) is 24.3 Å². The van der Waals surface area contributed by atoms with Gasteiger partial charge in [0.25, 0.3) is 0 Å². The van der Waals surface area contributed by atoms with E-state index in [2.05, 4.69) is 10.6 Å². The number of benzene rings is 1. The van der Waals surface area contributed by atoms with E-state index in [0.717, 1.165) is 19.3 Å². The van der Waals surface area contributed by atoms with Crippen molar-refractivity contribution in [1.29, 1.82) is 0 Å². The van der Waals surface area contributed by atoms with Crippen molar-refractivity contribution < 1.29 is 10.0 Å². The van der Waals surface area contributed by atoms with Crippen LogP contribution in [0.1, 0.15) is 19.3 Å². The first-order valence-electron chi connectivity index (χ1n) is 6.50. The second-order valence-corrected chi connectivity index (χ2v) is 4.83. The van der Waals surface area contributed by atoms with Crippen molar-refractivity contribution in [2.45, 2.75) is 25.3 Å². The van der Waals surface area contributed by atoms with Crippen molar-refractivity contribution in [3.05, 3.63) is 28.3 Å².